The summed E-state index contributed by atoms with van der Waals surface area (Å²) in [5, 5.41) is 5.95. The van der Waals surface area contributed by atoms with Crippen LogP contribution in [0.5, 0.6) is 0 Å². The summed E-state index contributed by atoms with van der Waals surface area (Å²) in [5.41, 5.74) is 1.03. The van der Waals surface area contributed by atoms with E-state index in [-0.39, 0.29) is 30.2 Å². The average molecular weight is 289 g/mol. The third-order valence-corrected chi connectivity index (χ3v) is 2.69. The number of carbonyl (C=O) groups excluding carboxylic acids is 1. The molecule has 5 heteroatoms. The van der Waals surface area contributed by atoms with Gasteiger partial charge in [-0.1, -0.05) is 12.1 Å². The molecule has 1 atom stereocenters. The highest BCUT2D eigenvalue weighted by atomic mass is 35.5. The second kappa shape index (κ2) is 9.75. The zero-order valence-corrected chi connectivity index (χ0v) is 12.2. The van der Waals surface area contributed by atoms with Gasteiger partial charge in [-0.25, -0.2) is 4.39 Å². The summed E-state index contributed by atoms with van der Waals surface area (Å²) in [5.74, 6) is -0.164. The molecule has 1 unspecified atom stereocenters. The van der Waals surface area contributed by atoms with Crippen LogP contribution in [0.15, 0.2) is 24.3 Å². The summed E-state index contributed by atoms with van der Waals surface area (Å²) < 4.78 is 12.7. The van der Waals surface area contributed by atoms with Crippen LogP contribution in [-0.2, 0) is 11.2 Å². The normalized spacial score (nSPS) is 11.5. The second-order valence-electron chi connectivity index (χ2n) is 4.51. The molecule has 0 bridgehead atoms. The number of nitrogens with one attached hydrogen (secondary N) is 2. The van der Waals surface area contributed by atoms with Crippen LogP contribution in [0.4, 0.5) is 4.39 Å². The fourth-order valence-corrected chi connectivity index (χ4v) is 1.80. The lowest BCUT2D eigenvalue weighted by Gasteiger charge is -2.14. The minimum Gasteiger partial charge on any atom is -0.353 e. The first kappa shape index (κ1) is 17.9. The Morgan fingerprint density at radius 1 is 1.32 bits per heavy atom. The molecular formula is C14H22ClFN2O. The number of hydrogen-bond acceptors (Lipinski definition) is 2. The summed E-state index contributed by atoms with van der Waals surface area (Å²) in [6.45, 7) is 2.80. The largest absolute Gasteiger partial charge is 0.353 e. The lowest BCUT2D eigenvalue weighted by molar-refractivity contribution is -0.121. The van der Waals surface area contributed by atoms with Crippen molar-refractivity contribution in [3.63, 3.8) is 0 Å². The average Bonchev–Trinajstić information content (AvgIpc) is 2.32. The van der Waals surface area contributed by atoms with Crippen molar-refractivity contribution in [1.29, 1.82) is 0 Å². The Morgan fingerprint density at radius 2 is 1.95 bits per heavy atom. The van der Waals surface area contributed by atoms with E-state index in [1.54, 1.807) is 12.1 Å². The molecule has 1 aromatic rings. The Labute approximate surface area is 120 Å². The van der Waals surface area contributed by atoms with Crippen molar-refractivity contribution in [2.75, 3.05) is 13.6 Å². The van der Waals surface area contributed by atoms with E-state index in [4.69, 9.17) is 0 Å². The molecule has 0 radical (unpaired) electrons. The monoisotopic (exact) mass is 288 g/mol. The molecule has 2 N–H and O–H groups in total. The maximum absolute atomic E-state index is 12.7. The molecule has 0 spiro atoms. The van der Waals surface area contributed by atoms with Gasteiger partial charge in [0.1, 0.15) is 5.82 Å². The topological polar surface area (TPSA) is 41.1 Å². The summed E-state index contributed by atoms with van der Waals surface area (Å²) >= 11 is 0. The van der Waals surface area contributed by atoms with Gasteiger partial charge in [0.15, 0.2) is 0 Å². The Kier molecular flexibility index (Phi) is 9.17. The highest BCUT2D eigenvalue weighted by Crippen LogP contribution is 2.05. The zero-order valence-electron chi connectivity index (χ0n) is 11.4. The van der Waals surface area contributed by atoms with Gasteiger partial charge in [0.25, 0.3) is 0 Å². The number of halogens is 2. The van der Waals surface area contributed by atoms with E-state index in [1.807, 2.05) is 14.0 Å². The van der Waals surface area contributed by atoms with Gasteiger partial charge < -0.3 is 10.6 Å². The maximum Gasteiger partial charge on any atom is 0.220 e. The lowest BCUT2D eigenvalue weighted by Crippen LogP contribution is -2.34. The van der Waals surface area contributed by atoms with Crippen LogP contribution in [0.3, 0.4) is 0 Å². The first-order chi connectivity index (χ1) is 8.61. The molecule has 1 amide bonds. The summed E-state index contributed by atoms with van der Waals surface area (Å²) in [6, 6.07) is 6.45. The van der Waals surface area contributed by atoms with E-state index < -0.39 is 0 Å². The molecule has 0 aliphatic rings. The fourth-order valence-electron chi connectivity index (χ4n) is 1.80. The van der Waals surface area contributed by atoms with Gasteiger partial charge in [0, 0.05) is 12.5 Å². The van der Waals surface area contributed by atoms with E-state index in [9.17, 15) is 9.18 Å². The molecule has 0 saturated heterocycles. The molecule has 1 rings (SSSR count). The Morgan fingerprint density at radius 3 is 2.53 bits per heavy atom. The van der Waals surface area contributed by atoms with Gasteiger partial charge in [-0.15, -0.1) is 12.4 Å². The smallest absolute Gasteiger partial charge is 0.220 e. The zero-order chi connectivity index (χ0) is 13.4. The van der Waals surface area contributed by atoms with Crippen molar-refractivity contribution in [3.8, 4) is 0 Å². The van der Waals surface area contributed by atoms with E-state index in [1.165, 1.54) is 12.1 Å². The molecule has 3 nitrogen and oxygen atoms in total. The minimum absolute atomic E-state index is 0. The molecule has 0 aliphatic carbocycles. The van der Waals surface area contributed by atoms with Crippen molar-refractivity contribution in [2.24, 2.45) is 0 Å². The van der Waals surface area contributed by atoms with Crippen LogP contribution in [0.25, 0.3) is 0 Å². The molecule has 0 saturated carbocycles. The lowest BCUT2D eigenvalue weighted by atomic mass is 10.1. The molecule has 19 heavy (non-hydrogen) atoms. The van der Waals surface area contributed by atoms with Gasteiger partial charge in [-0.05, 0) is 51.1 Å². The van der Waals surface area contributed by atoms with E-state index in [2.05, 4.69) is 10.6 Å². The summed E-state index contributed by atoms with van der Waals surface area (Å²) in [7, 11) is 1.87. The van der Waals surface area contributed by atoms with Gasteiger partial charge >= 0.3 is 0 Å². The van der Waals surface area contributed by atoms with Crippen molar-refractivity contribution in [2.45, 2.75) is 32.2 Å². The van der Waals surface area contributed by atoms with Crippen LogP contribution in [0.2, 0.25) is 0 Å². The van der Waals surface area contributed by atoms with Crippen LogP contribution in [-0.4, -0.2) is 25.5 Å². The van der Waals surface area contributed by atoms with E-state index >= 15 is 0 Å². The first-order valence-corrected chi connectivity index (χ1v) is 6.30. The van der Waals surface area contributed by atoms with Crippen LogP contribution in [0, 0.1) is 5.82 Å². The molecule has 0 fully saturated rings. The number of amides is 1. The third-order valence-electron chi connectivity index (χ3n) is 2.69. The minimum atomic E-state index is -0.234. The molecule has 0 aliphatic heterocycles. The number of benzene rings is 1. The summed E-state index contributed by atoms with van der Waals surface area (Å²) in [6.07, 6.45) is 2.10. The molecular weight excluding hydrogens is 267 g/mol. The van der Waals surface area contributed by atoms with Crippen molar-refractivity contribution < 1.29 is 9.18 Å². The van der Waals surface area contributed by atoms with Crippen LogP contribution < -0.4 is 10.6 Å². The Hall–Kier alpha value is -1.13. The fraction of sp³-hybridized carbons (Fsp3) is 0.500. The highest BCUT2D eigenvalue weighted by molar-refractivity contribution is 5.85. The Bertz CT molecular complexity index is 370. The van der Waals surface area contributed by atoms with Gasteiger partial charge in [0.2, 0.25) is 5.91 Å². The van der Waals surface area contributed by atoms with Crippen molar-refractivity contribution in [1.82, 2.24) is 10.6 Å². The Balaban J connectivity index is 0.00000324. The van der Waals surface area contributed by atoms with Crippen LogP contribution >= 0.6 is 12.4 Å². The van der Waals surface area contributed by atoms with Gasteiger partial charge in [0.05, 0.1) is 0 Å². The van der Waals surface area contributed by atoms with E-state index in [0.717, 1.165) is 24.9 Å². The predicted molar refractivity (Wildman–Crippen MR) is 78.1 cm³/mol. The quantitative estimate of drug-likeness (QED) is 0.756. The number of hydrogen-bond donors (Lipinski definition) is 2. The van der Waals surface area contributed by atoms with Crippen molar-refractivity contribution >= 4 is 18.3 Å². The third kappa shape index (κ3) is 7.80. The first-order valence-electron chi connectivity index (χ1n) is 6.30. The molecule has 108 valence electrons. The van der Waals surface area contributed by atoms with Gasteiger partial charge in [-0.2, -0.15) is 0 Å². The van der Waals surface area contributed by atoms with Crippen LogP contribution in [0.1, 0.15) is 25.3 Å². The molecule has 0 aromatic heterocycles. The summed E-state index contributed by atoms with van der Waals surface area (Å²) in [4.78, 5) is 11.6. The SMILES string of the molecule is CNCCCC(=O)NC(C)Cc1ccc(F)cc1.Cl. The van der Waals surface area contributed by atoms with Gasteiger partial charge in [-0.3, -0.25) is 4.79 Å². The standard InChI is InChI=1S/C14H21FN2O.ClH/c1-11(17-14(18)4-3-9-16-2)10-12-5-7-13(15)8-6-12;/h5-8,11,16H,3-4,9-10H2,1-2H3,(H,17,18);1H. The van der Waals surface area contributed by atoms with Crippen molar-refractivity contribution in [3.05, 3.63) is 35.6 Å². The predicted octanol–water partition coefficient (Wildman–Crippen LogP) is 2.29. The number of rotatable bonds is 7. The molecule has 0 heterocycles. The second-order valence-corrected chi connectivity index (χ2v) is 4.51. The van der Waals surface area contributed by atoms with E-state index in [0.29, 0.717) is 6.42 Å². The number of carbonyl (C=O) groups is 1. The maximum atomic E-state index is 12.7. The molecule has 1 aromatic carbocycles. The highest BCUT2D eigenvalue weighted by Gasteiger charge is 2.07.